The third-order valence-electron chi connectivity index (χ3n) is 2.17. The van der Waals surface area contributed by atoms with Crippen molar-refractivity contribution < 1.29 is 14.6 Å². The van der Waals surface area contributed by atoms with Crippen LogP contribution in [0.3, 0.4) is 0 Å². The third kappa shape index (κ3) is 3.20. The van der Waals surface area contributed by atoms with Crippen LogP contribution < -0.4 is 10.1 Å². The summed E-state index contributed by atoms with van der Waals surface area (Å²) >= 11 is 0. The summed E-state index contributed by atoms with van der Waals surface area (Å²) in [7, 11) is 1.49. The van der Waals surface area contributed by atoms with E-state index >= 15 is 0 Å². The lowest BCUT2D eigenvalue weighted by Crippen LogP contribution is -2.29. The fraction of sp³-hybridized carbons (Fsp3) is 0.455. The molecule has 0 aromatic carbocycles. The molecule has 1 amide bonds. The van der Waals surface area contributed by atoms with E-state index in [0.717, 1.165) is 0 Å². The lowest BCUT2D eigenvalue weighted by atomic mass is 10.2. The fourth-order valence-electron chi connectivity index (χ4n) is 1.16. The van der Waals surface area contributed by atoms with Gasteiger partial charge in [0.1, 0.15) is 5.75 Å². The van der Waals surface area contributed by atoms with Crippen molar-refractivity contribution in [1.29, 1.82) is 0 Å². The SMILES string of the molecule is COc1cnccc1C(=O)NCC(C)CO. The van der Waals surface area contributed by atoms with Gasteiger partial charge in [-0.2, -0.15) is 0 Å². The van der Waals surface area contributed by atoms with E-state index in [0.29, 0.717) is 17.9 Å². The Balaban J connectivity index is 2.65. The molecule has 1 unspecified atom stereocenters. The minimum atomic E-state index is -0.223. The standard InChI is InChI=1S/C11H16N2O3/c1-8(7-14)5-13-11(15)9-3-4-12-6-10(9)16-2/h3-4,6,8,14H,5,7H2,1-2H3,(H,13,15). The van der Waals surface area contributed by atoms with Gasteiger partial charge in [0, 0.05) is 19.3 Å². The van der Waals surface area contributed by atoms with Crippen LogP contribution in [0.1, 0.15) is 17.3 Å². The second-order valence-corrected chi connectivity index (χ2v) is 3.57. The quantitative estimate of drug-likeness (QED) is 0.761. The lowest BCUT2D eigenvalue weighted by Gasteiger charge is -2.11. The highest BCUT2D eigenvalue weighted by atomic mass is 16.5. The van der Waals surface area contributed by atoms with Gasteiger partial charge in [0.2, 0.25) is 0 Å². The zero-order valence-corrected chi connectivity index (χ0v) is 9.43. The number of amides is 1. The summed E-state index contributed by atoms with van der Waals surface area (Å²) < 4.78 is 5.03. The summed E-state index contributed by atoms with van der Waals surface area (Å²) in [5.74, 6) is 0.257. The smallest absolute Gasteiger partial charge is 0.255 e. The Morgan fingerprint density at radius 3 is 3.06 bits per heavy atom. The van der Waals surface area contributed by atoms with Crippen molar-refractivity contribution in [3.63, 3.8) is 0 Å². The van der Waals surface area contributed by atoms with Crippen LogP contribution in [-0.2, 0) is 0 Å². The minimum Gasteiger partial charge on any atom is -0.494 e. The summed E-state index contributed by atoms with van der Waals surface area (Å²) in [6.07, 6.45) is 3.03. The molecule has 1 aromatic heterocycles. The molecular formula is C11H16N2O3. The molecule has 0 aliphatic heterocycles. The minimum absolute atomic E-state index is 0.0387. The highest BCUT2D eigenvalue weighted by Crippen LogP contribution is 2.15. The molecular weight excluding hydrogens is 208 g/mol. The number of pyridine rings is 1. The highest BCUT2D eigenvalue weighted by molar-refractivity contribution is 5.96. The Kier molecular flexibility index (Phi) is 4.72. The summed E-state index contributed by atoms with van der Waals surface area (Å²) in [5, 5.41) is 11.6. The number of nitrogens with one attached hydrogen (secondary N) is 1. The van der Waals surface area contributed by atoms with Crippen LogP contribution in [0.4, 0.5) is 0 Å². The molecule has 1 atom stereocenters. The predicted octanol–water partition coefficient (Wildman–Crippen LogP) is 0.448. The Bertz CT molecular complexity index is 355. The van der Waals surface area contributed by atoms with E-state index in [1.807, 2.05) is 6.92 Å². The Hall–Kier alpha value is -1.62. The summed E-state index contributed by atoms with van der Waals surface area (Å²) in [6.45, 7) is 2.33. The molecule has 0 aliphatic carbocycles. The predicted molar refractivity (Wildman–Crippen MR) is 59.4 cm³/mol. The Labute approximate surface area is 94.5 Å². The van der Waals surface area contributed by atoms with Gasteiger partial charge in [-0.3, -0.25) is 9.78 Å². The van der Waals surface area contributed by atoms with E-state index in [4.69, 9.17) is 9.84 Å². The van der Waals surface area contributed by atoms with Gasteiger partial charge in [0.05, 0.1) is 18.9 Å². The molecule has 0 radical (unpaired) electrons. The maximum absolute atomic E-state index is 11.7. The first-order valence-corrected chi connectivity index (χ1v) is 5.06. The van der Waals surface area contributed by atoms with Crippen molar-refractivity contribution in [1.82, 2.24) is 10.3 Å². The molecule has 1 rings (SSSR count). The number of methoxy groups -OCH3 is 1. The number of aliphatic hydroxyl groups is 1. The molecule has 5 nitrogen and oxygen atoms in total. The van der Waals surface area contributed by atoms with Crippen molar-refractivity contribution >= 4 is 5.91 Å². The molecule has 0 aliphatic rings. The number of nitrogens with zero attached hydrogens (tertiary/aromatic N) is 1. The van der Waals surface area contributed by atoms with E-state index in [-0.39, 0.29) is 18.4 Å². The monoisotopic (exact) mass is 224 g/mol. The van der Waals surface area contributed by atoms with Crippen molar-refractivity contribution in [2.45, 2.75) is 6.92 Å². The van der Waals surface area contributed by atoms with Gasteiger partial charge in [0.15, 0.2) is 0 Å². The number of ether oxygens (including phenoxy) is 1. The topological polar surface area (TPSA) is 71.5 Å². The normalized spacial score (nSPS) is 11.9. The van der Waals surface area contributed by atoms with E-state index in [1.165, 1.54) is 19.5 Å². The summed E-state index contributed by atoms with van der Waals surface area (Å²) in [5.41, 5.74) is 0.447. The zero-order chi connectivity index (χ0) is 12.0. The molecule has 2 N–H and O–H groups in total. The largest absolute Gasteiger partial charge is 0.494 e. The maximum atomic E-state index is 11.7. The van der Waals surface area contributed by atoms with Crippen molar-refractivity contribution in [3.8, 4) is 5.75 Å². The number of carbonyl (C=O) groups excluding carboxylic acids is 1. The summed E-state index contributed by atoms with van der Waals surface area (Å²) in [4.78, 5) is 15.6. The van der Waals surface area contributed by atoms with E-state index in [2.05, 4.69) is 10.3 Å². The third-order valence-corrected chi connectivity index (χ3v) is 2.17. The van der Waals surface area contributed by atoms with Gasteiger partial charge >= 0.3 is 0 Å². The molecule has 5 heteroatoms. The number of hydrogen-bond acceptors (Lipinski definition) is 4. The average Bonchev–Trinajstić information content (AvgIpc) is 2.35. The van der Waals surface area contributed by atoms with Crippen LogP contribution >= 0.6 is 0 Å². The molecule has 0 saturated carbocycles. The second kappa shape index (κ2) is 6.07. The van der Waals surface area contributed by atoms with Crippen LogP contribution in [0.2, 0.25) is 0 Å². The Morgan fingerprint density at radius 1 is 1.69 bits per heavy atom. The lowest BCUT2D eigenvalue weighted by molar-refractivity contribution is 0.0939. The number of hydrogen-bond donors (Lipinski definition) is 2. The highest BCUT2D eigenvalue weighted by Gasteiger charge is 2.12. The van der Waals surface area contributed by atoms with Crippen LogP contribution in [0.25, 0.3) is 0 Å². The van der Waals surface area contributed by atoms with E-state index < -0.39 is 0 Å². The summed E-state index contributed by atoms with van der Waals surface area (Å²) in [6, 6.07) is 1.60. The van der Waals surface area contributed by atoms with E-state index in [1.54, 1.807) is 6.07 Å². The number of carbonyl (C=O) groups is 1. The first-order valence-electron chi connectivity index (χ1n) is 5.06. The van der Waals surface area contributed by atoms with Gasteiger partial charge in [-0.15, -0.1) is 0 Å². The van der Waals surface area contributed by atoms with Gasteiger partial charge < -0.3 is 15.2 Å². The van der Waals surface area contributed by atoms with Gasteiger partial charge in [-0.1, -0.05) is 6.92 Å². The zero-order valence-electron chi connectivity index (χ0n) is 9.43. The number of aromatic nitrogens is 1. The molecule has 1 aromatic rings. The van der Waals surface area contributed by atoms with Gasteiger partial charge in [0.25, 0.3) is 5.91 Å². The molecule has 88 valence electrons. The number of aliphatic hydroxyl groups excluding tert-OH is 1. The van der Waals surface area contributed by atoms with E-state index in [9.17, 15) is 4.79 Å². The maximum Gasteiger partial charge on any atom is 0.255 e. The van der Waals surface area contributed by atoms with Crippen molar-refractivity contribution in [2.24, 2.45) is 5.92 Å². The second-order valence-electron chi connectivity index (χ2n) is 3.57. The van der Waals surface area contributed by atoms with Crippen LogP contribution in [0.5, 0.6) is 5.75 Å². The van der Waals surface area contributed by atoms with Crippen molar-refractivity contribution in [2.75, 3.05) is 20.3 Å². The molecule has 1 heterocycles. The molecule has 0 spiro atoms. The first kappa shape index (κ1) is 12.4. The average molecular weight is 224 g/mol. The molecule has 0 bridgehead atoms. The van der Waals surface area contributed by atoms with Crippen LogP contribution in [0, 0.1) is 5.92 Å². The van der Waals surface area contributed by atoms with Crippen LogP contribution in [0.15, 0.2) is 18.5 Å². The van der Waals surface area contributed by atoms with Crippen molar-refractivity contribution in [3.05, 3.63) is 24.0 Å². The Morgan fingerprint density at radius 2 is 2.44 bits per heavy atom. The van der Waals surface area contributed by atoms with Gasteiger partial charge in [-0.25, -0.2) is 0 Å². The van der Waals surface area contributed by atoms with Gasteiger partial charge in [-0.05, 0) is 12.0 Å². The molecule has 0 fully saturated rings. The molecule has 16 heavy (non-hydrogen) atoms. The first-order chi connectivity index (χ1) is 7.69. The molecule has 0 saturated heterocycles. The number of rotatable bonds is 5. The van der Waals surface area contributed by atoms with Crippen LogP contribution in [-0.4, -0.2) is 36.3 Å². The fourth-order valence-corrected chi connectivity index (χ4v) is 1.16.